The average Bonchev–Trinajstić information content (AvgIpc) is 2.38. The van der Waals surface area contributed by atoms with Crippen molar-refractivity contribution in [1.82, 2.24) is 4.90 Å². The van der Waals surface area contributed by atoms with E-state index in [9.17, 15) is 14.9 Å². The number of piperidine rings is 1. The van der Waals surface area contributed by atoms with Gasteiger partial charge in [-0.15, -0.1) is 12.4 Å². The number of carbonyl (C=O) groups is 1. The Morgan fingerprint density at radius 1 is 1.42 bits per heavy atom. The Morgan fingerprint density at radius 3 is 2.74 bits per heavy atom. The van der Waals surface area contributed by atoms with Gasteiger partial charge in [-0.05, 0) is 18.9 Å². The lowest BCUT2D eigenvalue weighted by Crippen LogP contribution is -2.45. The minimum atomic E-state index is -0.531. The van der Waals surface area contributed by atoms with Gasteiger partial charge in [-0.1, -0.05) is 12.1 Å². The number of rotatable bonds is 2. The molecule has 0 radical (unpaired) electrons. The molecule has 1 amide bonds. The Morgan fingerprint density at radius 2 is 2.11 bits per heavy atom. The number of hydrogen-bond donors (Lipinski definition) is 1. The van der Waals surface area contributed by atoms with E-state index < -0.39 is 4.92 Å². The van der Waals surface area contributed by atoms with Crippen LogP contribution in [0.5, 0.6) is 0 Å². The molecule has 1 aromatic carbocycles. The van der Waals surface area contributed by atoms with Crippen molar-refractivity contribution >= 4 is 24.0 Å². The number of likely N-dealkylation sites (tertiary alicyclic amines) is 1. The molecule has 0 aliphatic carbocycles. The van der Waals surface area contributed by atoms with Gasteiger partial charge in [0.1, 0.15) is 5.56 Å². The van der Waals surface area contributed by atoms with Crippen LogP contribution in [0.2, 0.25) is 0 Å². The van der Waals surface area contributed by atoms with E-state index >= 15 is 0 Å². The number of benzene rings is 1. The van der Waals surface area contributed by atoms with Crippen LogP contribution >= 0.6 is 12.4 Å². The van der Waals surface area contributed by atoms with E-state index in [0.29, 0.717) is 13.1 Å². The second-order valence-electron chi connectivity index (χ2n) is 4.43. The molecular weight excluding hydrogens is 270 g/mol. The summed E-state index contributed by atoms with van der Waals surface area (Å²) < 4.78 is 0. The van der Waals surface area contributed by atoms with Crippen LogP contribution in [0.3, 0.4) is 0 Å². The Balaban J connectivity index is 0.00000180. The molecule has 1 atom stereocenters. The Labute approximate surface area is 117 Å². The number of nitro benzene ring substituents is 1. The van der Waals surface area contributed by atoms with Crippen molar-refractivity contribution in [3.8, 4) is 0 Å². The third kappa shape index (κ3) is 3.42. The molecule has 0 spiro atoms. The van der Waals surface area contributed by atoms with E-state index in [-0.39, 0.29) is 35.6 Å². The molecule has 6 nitrogen and oxygen atoms in total. The molecule has 104 valence electrons. The summed E-state index contributed by atoms with van der Waals surface area (Å²) in [4.78, 5) is 24.2. The highest BCUT2D eigenvalue weighted by molar-refractivity contribution is 5.98. The zero-order chi connectivity index (χ0) is 13.1. The van der Waals surface area contributed by atoms with Gasteiger partial charge in [-0.2, -0.15) is 0 Å². The van der Waals surface area contributed by atoms with Crippen molar-refractivity contribution in [2.45, 2.75) is 18.9 Å². The van der Waals surface area contributed by atoms with Gasteiger partial charge in [0.15, 0.2) is 0 Å². The maximum Gasteiger partial charge on any atom is 0.282 e. The molecule has 1 aromatic rings. The standard InChI is InChI=1S/C12H15N3O3.ClH/c13-9-4-3-7-14(8-9)12(16)10-5-1-2-6-11(10)15(17)18;/h1-2,5-6,9H,3-4,7-8,13H2;1H. The summed E-state index contributed by atoms with van der Waals surface area (Å²) in [6.45, 7) is 1.07. The first kappa shape index (κ1) is 15.4. The lowest BCUT2D eigenvalue weighted by molar-refractivity contribution is -0.385. The van der Waals surface area contributed by atoms with Crippen LogP contribution in [0.15, 0.2) is 24.3 Å². The quantitative estimate of drug-likeness (QED) is 0.660. The number of amides is 1. The zero-order valence-electron chi connectivity index (χ0n) is 10.3. The first-order chi connectivity index (χ1) is 8.59. The van der Waals surface area contributed by atoms with Gasteiger partial charge in [0, 0.05) is 25.2 Å². The van der Waals surface area contributed by atoms with Crippen LogP contribution in [0, 0.1) is 10.1 Å². The normalized spacial score (nSPS) is 18.6. The summed E-state index contributed by atoms with van der Waals surface area (Å²) >= 11 is 0. The zero-order valence-corrected chi connectivity index (χ0v) is 11.1. The summed E-state index contributed by atoms with van der Waals surface area (Å²) in [5, 5.41) is 10.9. The van der Waals surface area contributed by atoms with Crippen molar-refractivity contribution in [1.29, 1.82) is 0 Å². The molecule has 1 heterocycles. The number of nitrogens with zero attached hydrogens (tertiary/aromatic N) is 2. The smallest absolute Gasteiger partial charge is 0.282 e. The number of nitrogens with two attached hydrogens (primary N) is 1. The van der Waals surface area contributed by atoms with Gasteiger partial charge in [-0.25, -0.2) is 0 Å². The van der Waals surface area contributed by atoms with Gasteiger partial charge >= 0.3 is 0 Å². The maximum absolute atomic E-state index is 12.2. The Bertz CT molecular complexity index is 481. The van der Waals surface area contributed by atoms with Crippen LogP contribution < -0.4 is 5.73 Å². The predicted molar refractivity (Wildman–Crippen MR) is 73.5 cm³/mol. The van der Waals surface area contributed by atoms with E-state index in [1.807, 2.05) is 0 Å². The number of hydrogen-bond acceptors (Lipinski definition) is 4. The highest BCUT2D eigenvalue weighted by Crippen LogP contribution is 2.21. The molecule has 0 bridgehead atoms. The molecule has 7 heteroatoms. The first-order valence-corrected chi connectivity index (χ1v) is 5.88. The highest BCUT2D eigenvalue weighted by atomic mass is 35.5. The van der Waals surface area contributed by atoms with Crippen LogP contribution in [-0.2, 0) is 0 Å². The summed E-state index contributed by atoms with van der Waals surface area (Å²) in [6.07, 6.45) is 1.73. The van der Waals surface area contributed by atoms with Gasteiger partial charge in [0.25, 0.3) is 11.6 Å². The molecule has 2 rings (SSSR count). The van der Waals surface area contributed by atoms with Crippen molar-refractivity contribution in [3.05, 3.63) is 39.9 Å². The maximum atomic E-state index is 12.2. The van der Waals surface area contributed by atoms with Crippen LogP contribution in [0.1, 0.15) is 23.2 Å². The third-order valence-corrected chi connectivity index (χ3v) is 3.08. The topological polar surface area (TPSA) is 89.5 Å². The fraction of sp³-hybridized carbons (Fsp3) is 0.417. The lowest BCUT2D eigenvalue weighted by atomic mass is 10.0. The number of nitro groups is 1. The second kappa shape index (κ2) is 6.49. The molecular formula is C12H16ClN3O3. The molecule has 19 heavy (non-hydrogen) atoms. The van der Waals surface area contributed by atoms with Gasteiger partial charge in [0.2, 0.25) is 0 Å². The second-order valence-corrected chi connectivity index (χ2v) is 4.43. The van der Waals surface area contributed by atoms with Gasteiger partial charge in [-0.3, -0.25) is 14.9 Å². The van der Waals surface area contributed by atoms with Crippen molar-refractivity contribution < 1.29 is 9.72 Å². The molecule has 1 fully saturated rings. The first-order valence-electron chi connectivity index (χ1n) is 5.88. The number of carbonyl (C=O) groups excluding carboxylic acids is 1. The Kier molecular flexibility index (Phi) is 5.26. The fourth-order valence-corrected chi connectivity index (χ4v) is 2.18. The minimum absolute atomic E-state index is 0. The highest BCUT2D eigenvalue weighted by Gasteiger charge is 2.27. The van der Waals surface area contributed by atoms with Crippen molar-refractivity contribution in [3.63, 3.8) is 0 Å². The minimum Gasteiger partial charge on any atom is -0.337 e. The van der Waals surface area contributed by atoms with E-state index in [1.54, 1.807) is 17.0 Å². The fourth-order valence-electron chi connectivity index (χ4n) is 2.18. The predicted octanol–water partition coefficient (Wildman–Crippen LogP) is 1.58. The van der Waals surface area contributed by atoms with Crippen LogP contribution in [0.25, 0.3) is 0 Å². The van der Waals surface area contributed by atoms with E-state index in [4.69, 9.17) is 5.73 Å². The van der Waals surface area contributed by atoms with Gasteiger partial charge < -0.3 is 10.6 Å². The number of halogens is 1. The molecule has 0 aromatic heterocycles. The monoisotopic (exact) mass is 285 g/mol. The largest absolute Gasteiger partial charge is 0.337 e. The molecule has 1 saturated heterocycles. The summed E-state index contributed by atoms with van der Waals surface area (Å²) in [6, 6.07) is 5.98. The SMILES string of the molecule is Cl.NC1CCCN(C(=O)c2ccccc2[N+](=O)[O-])C1. The van der Waals surface area contributed by atoms with Crippen molar-refractivity contribution in [2.24, 2.45) is 5.73 Å². The molecule has 0 saturated carbocycles. The van der Waals surface area contributed by atoms with Gasteiger partial charge in [0.05, 0.1) is 4.92 Å². The van der Waals surface area contributed by atoms with Crippen LogP contribution in [-0.4, -0.2) is 34.9 Å². The lowest BCUT2D eigenvalue weighted by Gasteiger charge is -2.30. The van der Waals surface area contributed by atoms with E-state index in [2.05, 4.69) is 0 Å². The van der Waals surface area contributed by atoms with Crippen LogP contribution in [0.4, 0.5) is 5.69 Å². The Hall–Kier alpha value is -1.66. The summed E-state index contributed by atoms with van der Waals surface area (Å²) in [5.74, 6) is -0.308. The molecule has 2 N–H and O–H groups in total. The average molecular weight is 286 g/mol. The molecule has 1 unspecified atom stereocenters. The molecule has 1 aliphatic heterocycles. The van der Waals surface area contributed by atoms with E-state index in [0.717, 1.165) is 12.8 Å². The van der Waals surface area contributed by atoms with Crippen molar-refractivity contribution in [2.75, 3.05) is 13.1 Å². The summed E-state index contributed by atoms with van der Waals surface area (Å²) in [5.41, 5.74) is 5.80. The third-order valence-electron chi connectivity index (χ3n) is 3.08. The van der Waals surface area contributed by atoms with E-state index in [1.165, 1.54) is 12.1 Å². The molecule has 1 aliphatic rings. The number of para-hydroxylation sites is 1. The summed E-state index contributed by atoms with van der Waals surface area (Å²) in [7, 11) is 0.